The Labute approximate surface area is 89.4 Å². The Kier molecular flexibility index (Phi) is 3.69. The molecular weight excluding hydrogens is 193 g/mol. The van der Waals surface area contributed by atoms with E-state index >= 15 is 0 Å². The van der Waals surface area contributed by atoms with Gasteiger partial charge in [-0.2, -0.15) is 0 Å². The summed E-state index contributed by atoms with van der Waals surface area (Å²) in [5.41, 5.74) is 1.04. The van der Waals surface area contributed by atoms with Crippen LogP contribution in [0.4, 0.5) is 4.39 Å². The highest BCUT2D eigenvalue weighted by atomic mass is 19.1. The first-order chi connectivity index (χ1) is 7.34. The Morgan fingerprint density at radius 3 is 3.13 bits per heavy atom. The summed E-state index contributed by atoms with van der Waals surface area (Å²) in [5.74, 6) is -0.155. The van der Waals surface area contributed by atoms with Crippen molar-refractivity contribution in [3.63, 3.8) is 0 Å². The summed E-state index contributed by atoms with van der Waals surface area (Å²) < 4.78 is 18.4. The molecule has 1 aliphatic rings. The highest BCUT2D eigenvalue weighted by Crippen LogP contribution is 2.09. The zero-order valence-corrected chi connectivity index (χ0v) is 8.79. The molecule has 1 aromatic rings. The minimum absolute atomic E-state index is 0.155. The third-order valence-corrected chi connectivity index (χ3v) is 2.72. The number of halogens is 1. The van der Waals surface area contributed by atoms with Crippen LogP contribution in [0.1, 0.15) is 18.4 Å². The van der Waals surface area contributed by atoms with E-state index in [-0.39, 0.29) is 5.82 Å². The Morgan fingerprint density at radius 2 is 2.40 bits per heavy atom. The van der Waals surface area contributed by atoms with Crippen LogP contribution in [0.15, 0.2) is 24.3 Å². The lowest BCUT2D eigenvalue weighted by Crippen LogP contribution is -2.84. The molecule has 0 aliphatic carbocycles. The highest BCUT2D eigenvalue weighted by Gasteiger charge is 2.16. The molecule has 0 spiro atoms. The van der Waals surface area contributed by atoms with Gasteiger partial charge in [-0.25, -0.2) is 4.39 Å². The van der Waals surface area contributed by atoms with Crippen LogP contribution in [0.25, 0.3) is 0 Å². The molecule has 3 heteroatoms. The number of ether oxygens (including phenoxy) is 1. The molecule has 1 unspecified atom stereocenters. The molecular formula is C12H17FNO+. The Morgan fingerprint density at radius 1 is 1.47 bits per heavy atom. The summed E-state index contributed by atoms with van der Waals surface area (Å²) in [4.78, 5) is 0. The van der Waals surface area contributed by atoms with Crippen LogP contribution < -0.4 is 5.32 Å². The van der Waals surface area contributed by atoms with Crippen molar-refractivity contribution in [2.24, 2.45) is 0 Å². The van der Waals surface area contributed by atoms with Crippen LogP contribution in [0.3, 0.4) is 0 Å². The van der Waals surface area contributed by atoms with Crippen LogP contribution in [-0.2, 0) is 11.3 Å². The van der Waals surface area contributed by atoms with E-state index in [9.17, 15) is 4.39 Å². The van der Waals surface area contributed by atoms with Crippen LogP contribution in [0, 0.1) is 5.82 Å². The van der Waals surface area contributed by atoms with Crippen LogP contribution in [0.5, 0.6) is 0 Å². The summed E-state index contributed by atoms with van der Waals surface area (Å²) in [7, 11) is 0. The van der Waals surface area contributed by atoms with E-state index in [0.717, 1.165) is 25.3 Å². The summed E-state index contributed by atoms with van der Waals surface area (Å²) in [6.45, 7) is 2.71. The van der Waals surface area contributed by atoms with Gasteiger partial charge in [0.15, 0.2) is 0 Å². The number of benzene rings is 1. The molecule has 82 valence electrons. The molecule has 0 bridgehead atoms. The predicted molar refractivity (Wildman–Crippen MR) is 55.9 cm³/mol. The number of rotatable bonds is 4. The average Bonchev–Trinajstić information content (AvgIpc) is 2.71. The van der Waals surface area contributed by atoms with Crippen molar-refractivity contribution in [2.75, 3.05) is 13.2 Å². The maximum Gasteiger partial charge on any atom is 0.123 e. The molecule has 1 aliphatic heterocycles. The third-order valence-electron chi connectivity index (χ3n) is 2.72. The molecule has 2 N–H and O–H groups in total. The Bertz CT molecular complexity index is 310. The number of quaternary nitrogens is 1. The van der Waals surface area contributed by atoms with E-state index in [0.29, 0.717) is 6.10 Å². The SMILES string of the molecule is Fc1cccc(C[NH2+]CC2CCCO2)c1. The van der Waals surface area contributed by atoms with Crippen LogP contribution in [-0.4, -0.2) is 19.3 Å². The quantitative estimate of drug-likeness (QED) is 0.790. The van der Waals surface area contributed by atoms with Crippen molar-refractivity contribution in [1.82, 2.24) is 0 Å². The van der Waals surface area contributed by atoms with Gasteiger partial charge >= 0.3 is 0 Å². The minimum atomic E-state index is -0.155. The Balaban J connectivity index is 1.73. The van der Waals surface area contributed by atoms with Crippen LogP contribution in [0.2, 0.25) is 0 Å². The number of hydrogen-bond acceptors (Lipinski definition) is 1. The fraction of sp³-hybridized carbons (Fsp3) is 0.500. The molecule has 1 saturated heterocycles. The van der Waals surface area contributed by atoms with E-state index < -0.39 is 0 Å². The maximum atomic E-state index is 12.9. The lowest BCUT2D eigenvalue weighted by molar-refractivity contribution is -0.676. The Hall–Kier alpha value is -0.930. The van der Waals surface area contributed by atoms with Gasteiger partial charge in [0.1, 0.15) is 25.0 Å². The fourth-order valence-corrected chi connectivity index (χ4v) is 1.93. The second-order valence-corrected chi connectivity index (χ2v) is 3.99. The number of hydrogen-bond donors (Lipinski definition) is 1. The lowest BCUT2D eigenvalue weighted by Gasteiger charge is -2.07. The van der Waals surface area contributed by atoms with E-state index in [1.165, 1.54) is 18.9 Å². The first-order valence-electron chi connectivity index (χ1n) is 5.52. The van der Waals surface area contributed by atoms with Crippen LogP contribution >= 0.6 is 0 Å². The first kappa shape index (κ1) is 10.6. The molecule has 0 radical (unpaired) electrons. The summed E-state index contributed by atoms with van der Waals surface area (Å²) in [5, 5.41) is 2.19. The molecule has 1 fully saturated rings. The smallest absolute Gasteiger partial charge is 0.123 e. The first-order valence-corrected chi connectivity index (χ1v) is 5.52. The van der Waals surface area contributed by atoms with Gasteiger partial charge < -0.3 is 10.1 Å². The van der Waals surface area contributed by atoms with E-state index in [1.807, 2.05) is 6.07 Å². The van der Waals surface area contributed by atoms with Gasteiger partial charge in [-0.15, -0.1) is 0 Å². The number of nitrogens with two attached hydrogens (primary N) is 1. The molecule has 1 atom stereocenters. The molecule has 0 saturated carbocycles. The van der Waals surface area contributed by atoms with E-state index in [2.05, 4.69) is 5.32 Å². The summed E-state index contributed by atoms with van der Waals surface area (Å²) >= 11 is 0. The van der Waals surface area contributed by atoms with Gasteiger partial charge in [0, 0.05) is 12.2 Å². The van der Waals surface area contributed by atoms with Crippen molar-refractivity contribution >= 4 is 0 Å². The van der Waals surface area contributed by atoms with Gasteiger partial charge in [-0.3, -0.25) is 0 Å². The maximum absolute atomic E-state index is 12.9. The second-order valence-electron chi connectivity index (χ2n) is 3.99. The van der Waals surface area contributed by atoms with Crippen molar-refractivity contribution in [1.29, 1.82) is 0 Å². The zero-order valence-electron chi connectivity index (χ0n) is 8.79. The molecule has 2 rings (SSSR count). The third kappa shape index (κ3) is 3.29. The van der Waals surface area contributed by atoms with E-state index in [4.69, 9.17) is 4.74 Å². The highest BCUT2D eigenvalue weighted by molar-refractivity contribution is 5.14. The normalized spacial score (nSPS) is 20.7. The lowest BCUT2D eigenvalue weighted by atomic mass is 10.2. The fourth-order valence-electron chi connectivity index (χ4n) is 1.93. The zero-order chi connectivity index (χ0) is 10.5. The predicted octanol–water partition coefficient (Wildman–Crippen LogP) is 1.07. The monoisotopic (exact) mass is 210 g/mol. The largest absolute Gasteiger partial charge is 0.372 e. The van der Waals surface area contributed by atoms with Gasteiger partial charge in [-0.05, 0) is 25.0 Å². The molecule has 15 heavy (non-hydrogen) atoms. The van der Waals surface area contributed by atoms with Gasteiger partial charge in [0.05, 0.1) is 0 Å². The van der Waals surface area contributed by atoms with Crippen molar-refractivity contribution < 1.29 is 14.4 Å². The molecule has 1 aromatic carbocycles. The van der Waals surface area contributed by atoms with Gasteiger partial charge in [0.2, 0.25) is 0 Å². The minimum Gasteiger partial charge on any atom is -0.372 e. The molecule has 0 aromatic heterocycles. The second kappa shape index (κ2) is 5.24. The van der Waals surface area contributed by atoms with Gasteiger partial charge in [0.25, 0.3) is 0 Å². The topological polar surface area (TPSA) is 25.8 Å². The van der Waals surface area contributed by atoms with Crippen molar-refractivity contribution in [2.45, 2.75) is 25.5 Å². The van der Waals surface area contributed by atoms with Crippen molar-refractivity contribution in [3.05, 3.63) is 35.6 Å². The molecule has 2 nitrogen and oxygen atoms in total. The summed E-state index contributed by atoms with van der Waals surface area (Å²) in [6.07, 6.45) is 2.75. The molecule has 1 heterocycles. The standard InChI is InChI=1S/C12H16FNO/c13-11-4-1-3-10(7-11)8-14-9-12-5-2-6-15-12/h1,3-4,7,12,14H,2,5-6,8-9H2/p+1. The average molecular weight is 210 g/mol. The van der Waals surface area contributed by atoms with Gasteiger partial charge in [-0.1, -0.05) is 12.1 Å². The van der Waals surface area contributed by atoms with E-state index in [1.54, 1.807) is 12.1 Å². The van der Waals surface area contributed by atoms with Crippen molar-refractivity contribution in [3.8, 4) is 0 Å². The molecule has 0 amide bonds. The summed E-state index contributed by atoms with van der Waals surface area (Å²) in [6, 6.07) is 6.77.